The number of sulfone groups is 1. The summed E-state index contributed by atoms with van der Waals surface area (Å²) in [5, 5.41) is 4.49. The zero-order valence-electron chi connectivity index (χ0n) is 15.7. The van der Waals surface area contributed by atoms with Gasteiger partial charge in [-0.05, 0) is 72.3 Å². The Bertz CT molecular complexity index is 1200. The molecule has 8 heteroatoms. The molecule has 0 unspecified atom stereocenters. The fourth-order valence-corrected chi connectivity index (χ4v) is 6.40. The number of benzene rings is 1. The summed E-state index contributed by atoms with van der Waals surface area (Å²) in [6.45, 7) is 3.60. The van der Waals surface area contributed by atoms with Crippen molar-refractivity contribution in [3.63, 3.8) is 0 Å². The van der Waals surface area contributed by atoms with E-state index in [4.69, 9.17) is 4.52 Å². The van der Waals surface area contributed by atoms with Crippen LogP contribution in [-0.4, -0.2) is 24.3 Å². The zero-order valence-corrected chi connectivity index (χ0v) is 18.1. The number of aromatic amines is 1. The smallest absolute Gasteiger partial charge is 0.262 e. The number of aromatic nitrogens is 2. The normalized spacial score (nSPS) is 15.5. The van der Waals surface area contributed by atoms with E-state index in [1.807, 2.05) is 6.92 Å². The van der Waals surface area contributed by atoms with Gasteiger partial charge in [0, 0.05) is 10.9 Å². The maximum Gasteiger partial charge on any atom is 0.262 e. The fraction of sp³-hybridized carbons (Fsp3) is 0.400. The summed E-state index contributed by atoms with van der Waals surface area (Å²) in [6.07, 6.45) is 4.06. The third-order valence-corrected chi connectivity index (χ3v) is 7.97. The molecule has 2 aromatic heterocycles. The van der Waals surface area contributed by atoms with Gasteiger partial charge in [-0.25, -0.2) is 8.42 Å². The molecule has 1 aliphatic carbocycles. The first-order valence-corrected chi connectivity index (χ1v) is 11.7. The number of hydrogen-bond donors (Lipinski definition) is 1. The van der Waals surface area contributed by atoms with Gasteiger partial charge in [-0.2, -0.15) is 0 Å². The van der Waals surface area contributed by atoms with Crippen molar-refractivity contribution in [1.29, 1.82) is 0 Å². The largest absolute Gasteiger partial charge is 0.361 e. The predicted molar refractivity (Wildman–Crippen MR) is 111 cm³/mol. The van der Waals surface area contributed by atoms with E-state index in [9.17, 15) is 13.2 Å². The first-order valence-electron chi connectivity index (χ1n) is 9.29. The van der Waals surface area contributed by atoms with Crippen molar-refractivity contribution in [1.82, 2.24) is 10.1 Å². The average molecular weight is 465 g/mol. The van der Waals surface area contributed by atoms with Crippen LogP contribution in [0.1, 0.15) is 37.1 Å². The number of hydrogen-bond acceptors (Lipinski definition) is 5. The molecule has 1 aromatic carbocycles. The topological polar surface area (TPSA) is 93.0 Å². The van der Waals surface area contributed by atoms with Crippen molar-refractivity contribution in [2.75, 3.05) is 5.75 Å². The number of aryl methyl sites for hydroxylation is 2. The van der Waals surface area contributed by atoms with E-state index in [0.717, 1.165) is 31.2 Å². The number of H-pyrrole nitrogens is 1. The molecule has 3 aromatic rings. The van der Waals surface area contributed by atoms with E-state index >= 15 is 0 Å². The van der Waals surface area contributed by atoms with Gasteiger partial charge >= 0.3 is 0 Å². The Labute approximate surface area is 171 Å². The molecule has 6 nitrogen and oxygen atoms in total. The summed E-state index contributed by atoms with van der Waals surface area (Å²) >= 11 is 3.22. The summed E-state index contributed by atoms with van der Waals surface area (Å²) in [4.78, 5) is 15.1. The zero-order chi connectivity index (χ0) is 20.1. The van der Waals surface area contributed by atoms with Gasteiger partial charge in [0.2, 0.25) is 0 Å². The van der Waals surface area contributed by atoms with Crippen molar-refractivity contribution >= 4 is 36.7 Å². The monoisotopic (exact) mass is 464 g/mol. The quantitative estimate of drug-likeness (QED) is 0.611. The van der Waals surface area contributed by atoms with Gasteiger partial charge in [0.15, 0.2) is 9.84 Å². The molecule has 4 rings (SSSR count). The van der Waals surface area contributed by atoms with Crippen molar-refractivity contribution in [3.05, 3.63) is 44.5 Å². The van der Waals surface area contributed by atoms with Gasteiger partial charge in [0.25, 0.3) is 5.56 Å². The first kappa shape index (κ1) is 19.4. The van der Waals surface area contributed by atoms with Crippen LogP contribution in [0.3, 0.4) is 0 Å². The lowest BCUT2D eigenvalue weighted by molar-refractivity contribution is 0.393. The van der Waals surface area contributed by atoms with Crippen LogP contribution in [0.4, 0.5) is 0 Å². The number of halogens is 1. The minimum atomic E-state index is -3.53. The lowest BCUT2D eigenvalue weighted by atomic mass is 10.0. The molecule has 0 amide bonds. The van der Waals surface area contributed by atoms with E-state index in [1.165, 1.54) is 0 Å². The van der Waals surface area contributed by atoms with E-state index < -0.39 is 9.84 Å². The minimum absolute atomic E-state index is 0.129. The van der Waals surface area contributed by atoms with Gasteiger partial charge in [-0.3, -0.25) is 4.79 Å². The molecule has 0 saturated heterocycles. The molecular formula is C20H21BrN2O4S. The Morgan fingerprint density at radius 3 is 2.57 bits per heavy atom. The third kappa shape index (κ3) is 3.43. The minimum Gasteiger partial charge on any atom is -0.361 e. The first-order chi connectivity index (χ1) is 13.3. The van der Waals surface area contributed by atoms with Crippen LogP contribution in [0.2, 0.25) is 0 Å². The molecule has 2 heterocycles. The standard InChI is InChI=1S/C20H21BrN2O4S/c1-11-19(12(2)27-23-11)14-7-17-15(9-16(21)20(24)22-17)18(8-14)28(25,26)10-13-5-3-4-6-13/h7-9,13H,3-6,10H2,1-2H3,(H,22,24). The van der Waals surface area contributed by atoms with Crippen molar-refractivity contribution < 1.29 is 12.9 Å². The maximum absolute atomic E-state index is 13.3. The summed E-state index contributed by atoms with van der Waals surface area (Å²) in [7, 11) is -3.53. The van der Waals surface area contributed by atoms with Gasteiger partial charge in [-0.15, -0.1) is 0 Å². The lowest BCUT2D eigenvalue weighted by Crippen LogP contribution is -2.15. The van der Waals surface area contributed by atoms with Crippen molar-refractivity contribution in [3.8, 4) is 11.1 Å². The Balaban J connectivity index is 1.97. The SMILES string of the molecule is Cc1noc(C)c1-c1cc(S(=O)(=O)CC2CCCC2)c2cc(Br)c(=O)[nH]c2c1. The molecule has 1 N–H and O–H groups in total. The van der Waals surface area contributed by atoms with Crippen LogP contribution in [0.15, 0.2) is 36.9 Å². The van der Waals surface area contributed by atoms with Gasteiger partial charge in [0.1, 0.15) is 5.76 Å². The highest BCUT2D eigenvalue weighted by molar-refractivity contribution is 9.10. The molecule has 0 aliphatic heterocycles. The van der Waals surface area contributed by atoms with Crippen molar-refractivity contribution in [2.24, 2.45) is 5.92 Å². The number of fused-ring (bicyclic) bond motifs is 1. The Morgan fingerprint density at radius 2 is 1.93 bits per heavy atom. The van der Waals surface area contributed by atoms with Crippen LogP contribution in [0.25, 0.3) is 22.0 Å². The Kier molecular flexibility index (Phi) is 4.95. The van der Waals surface area contributed by atoms with Crippen LogP contribution >= 0.6 is 15.9 Å². The summed E-state index contributed by atoms with van der Waals surface area (Å²) < 4.78 is 32.3. The van der Waals surface area contributed by atoms with Crippen LogP contribution < -0.4 is 5.56 Å². The van der Waals surface area contributed by atoms with Crippen LogP contribution in [0.5, 0.6) is 0 Å². The molecule has 148 valence electrons. The second-order valence-electron chi connectivity index (χ2n) is 7.51. The highest BCUT2D eigenvalue weighted by Gasteiger charge is 2.27. The summed E-state index contributed by atoms with van der Waals surface area (Å²) in [5.74, 6) is 0.925. The summed E-state index contributed by atoms with van der Waals surface area (Å²) in [5.41, 5.74) is 2.28. The molecule has 1 aliphatic rings. The van der Waals surface area contributed by atoms with E-state index in [2.05, 4.69) is 26.1 Å². The van der Waals surface area contributed by atoms with Gasteiger partial charge in [0.05, 0.1) is 26.3 Å². The number of rotatable bonds is 4. The van der Waals surface area contributed by atoms with Crippen LogP contribution in [-0.2, 0) is 9.84 Å². The number of nitrogens with one attached hydrogen (secondary N) is 1. The number of pyridine rings is 1. The second-order valence-corrected chi connectivity index (χ2v) is 10.4. The lowest BCUT2D eigenvalue weighted by Gasteiger charge is -2.14. The third-order valence-electron chi connectivity index (χ3n) is 5.47. The molecule has 1 fully saturated rings. The van der Waals surface area contributed by atoms with E-state index in [0.29, 0.717) is 32.4 Å². The van der Waals surface area contributed by atoms with Crippen LogP contribution in [0, 0.1) is 19.8 Å². The van der Waals surface area contributed by atoms with Crippen molar-refractivity contribution in [2.45, 2.75) is 44.4 Å². The fourth-order valence-electron chi connectivity index (χ4n) is 4.13. The highest BCUT2D eigenvalue weighted by atomic mass is 79.9. The molecular weight excluding hydrogens is 444 g/mol. The molecule has 0 atom stereocenters. The molecule has 0 radical (unpaired) electrons. The number of nitrogens with zero attached hydrogens (tertiary/aromatic N) is 1. The Morgan fingerprint density at radius 1 is 1.21 bits per heavy atom. The molecule has 28 heavy (non-hydrogen) atoms. The van der Waals surface area contributed by atoms with E-state index in [-0.39, 0.29) is 22.1 Å². The molecule has 0 spiro atoms. The van der Waals surface area contributed by atoms with E-state index in [1.54, 1.807) is 25.1 Å². The molecule has 1 saturated carbocycles. The maximum atomic E-state index is 13.3. The molecule has 0 bridgehead atoms. The average Bonchev–Trinajstić information content (AvgIpc) is 3.24. The van der Waals surface area contributed by atoms with Gasteiger partial charge in [-0.1, -0.05) is 18.0 Å². The highest BCUT2D eigenvalue weighted by Crippen LogP contribution is 2.35. The summed E-state index contributed by atoms with van der Waals surface area (Å²) in [6, 6.07) is 5.06. The van der Waals surface area contributed by atoms with Gasteiger partial charge < -0.3 is 9.51 Å². The predicted octanol–water partition coefficient (Wildman–Crippen LogP) is 4.53. The Hall–Kier alpha value is -1.93. The second kappa shape index (κ2) is 7.15.